The molecule has 0 unspecified atom stereocenters. The molecule has 0 aromatic heterocycles. The molecule has 1 fully saturated rings. The number of rotatable bonds is 7. The summed E-state index contributed by atoms with van der Waals surface area (Å²) in [6.07, 6.45) is 4.90. The first kappa shape index (κ1) is 31.1. The Kier molecular flexibility index (Phi) is 9.89. The van der Waals surface area contributed by atoms with Crippen LogP contribution < -0.4 is 20.7 Å². The summed E-state index contributed by atoms with van der Waals surface area (Å²) in [7, 11) is 1.75. The van der Waals surface area contributed by atoms with Crippen molar-refractivity contribution in [3.8, 4) is 5.75 Å². The van der Waals surface area contributed by atoms with Gasteiger partial charge in [-0.2, -0.15) is 0 Å². The average Bonchev–Trinajstić information content (AvgIpc) is 3.03. The number of nitrogens with zero attached hydrogens (tertiary/aromatic N) is 2. The second-order valence-electron chi connectivity index (χ2n) is 12.1. The minimum Gasteiger partial charge on any atom is -0.485 e. The van der Waals surface area contributed by atoms with Crippen molar-refractivity contribution in [2.24, 2.45) is 5.92 Å². The van der Waals surface area contributed by atoms with Crippen LogP contribution in [0.15, 0.2) is 60.7 Å². The number of urea groups is 2. The molecule has 5 rings (SSSR count). The van der Waals surface area contributed by atoms with Crippen molar-refractivity contribution >= 4 is 40.1 Å². The lowest BCUT2D eigenvalue weighted by molar-refractivity contribution is 0.0368. The number of carbonyl (C=O) groups excluding carboxylic acids is 3. The summed E-state index contributed by atoms with van der Waals surface area (Å²) in [5.74, 6) is -0.254. The normalized spacial score (nSPS) is 19.6. The third-order valence-electron chi connectivity index (χ3n) is 8.71. The van der Waals surface area contributed by atoms with Crippen LogP contribution in [-0.4, -0.2) is 77.8 Å². The molecule has 3 aromatic carbocycles. The number of hydrogen-bond acceptors (Lipinski definition) is 5. The van der Waals surface area contributed by atoms with E-state index >= 15 is 0 Å². The van der Waals surface area contributed by atoms with Gasteiger partial charge in [-0.05, 0) is 43.4 Å². The fourth-order valence-electron chi connectivity index (χ4n) is 6.05. The summed E-state index contributed by atoms with van der Waals surface area (Å²) < 4.78 is 6.57. The van der Waals surface area contributed by atoms with Gasteiger partial charge in [0.25, 0.3) is 5.91 Å². The second-order valence-corrected chi connectivity index (χ2v) is 12.1. The molecular formula is C34H43N5O5. The fourth-order valence-corrected chi connectivity index (χ4v) is 6.05. The summed E-state index contributed by atoms with van der Waals surface area (Å²) in [6, 6.07) is 17.6. The Morgan fingerprint density at radius 3 is 2.45 bits per heavy atom. The van der Waals surface area contributed by atoms with E-state index in [0.29, 0.717) is 17.9 Å². The van der Waals surface area contributed by atoms with E-state index in [1.807, 2.05) is 49.4 Å². The maximum atomic E-state index is 13.8. The van der Waals surface area contributed by atoms with E-state index in [2.05, 4.69) is 16.0 Å². The van der Waals surface area contributed by atoms with Crippen LogP contribution in [0.2, 0.25) is 0 Å². The number of nitrogens with one attached hydrogen (secondary N) is 3. The predicted octanol–water partition coefficient (Wildman–Crippen LogP) is 5.68. The molecule has 44 heavy (non-hydrogen) atoms. The molecule has 1 saturated carbocycles. The highest BCUT2D eigenvalue weighted by Gasteiger charge is 2.35. The van der Waals surface area contributed by atoms with Crippen molar-refractivity contribution in [1.29, 1.82) is 0 Å². The zero-order chi connectivity index (χ0) is 31.2. The molecule has 1 heterocycles. The quantitative estimate of drug-likeness (QED) is 0.278. The lowest BCUT2D eigenvalue weighted by Crippen LogP contribution is -2.52. The predicted molar refractivity (Wildman–Crippen MR) is 172 cm³/mol. The van der Waals surface area contributed by atoms with Crippen molar-refractivity contribution in [1.82, 2.24) is 15.1 Å². The molecule has 5 amide bonds. The number of aliphatic hydroxyl groups excluding tert-OH is 1. The van der Waals surface area contributed by atoms with E-state index in [9.17, 15) is 19.5 Å². The van der Waals surface area contributed by atoms with Crippen LogP contribution in [0.3, 0.4) is 0 Å². The lowest BCUT2D eigenvalue weighted by atomic mass is 9.96. The first-order valence-corrected chi connectivity index (χ1v) is 15.5. The Bertz CT molecular complexity index is 1480. The zero-order valence-corrected chi connectivity index (χ0v) is 25.7. The molecule has 0 bridgehead atoms. The Morgan fingerprint density at radius 2 is 1.68 bits per heavy atom. The summed E-state index contributed by atoms with van der Waals surface area (Å²) in [5.41, 5.74) is 1.26. The molecule has 10 heteroatoms. The zero-order valence-electron chi connectivity index (χ0n) is 25.7. The molecule has 0 saturated heterocycles. The Hall–Kier alpha value is -4.31. The Balaban J connectivity index is 1.41. The SMILES string of the molecule is C[C@H](CO)N1C[C@H](C)[C@H](CN(C)C(=O)NC2CCCCC2)Oc2c(NC(=O)Nc3cccc4ccccc34)cccc2C1=O. The molecule has 234 valence electrons. The summed E-state index contributed by atoms with van der Waals surface area (Å²) in [6.45, 7) is 4.17. The summed E-state index contributed by atoms with van der Waals surface area (Å²) in [4.78, 5) is 43.5. The minimum absolute atomic E-state index is 0.160. The molecule has 2 aliphatic rings. The number of amides is 5. The monoisotopic (exact) mass is 601 g/mol. The van der Waals surface area contributed by atoms with Crippen LogP contribution in [-0.2, 0) is 0 Å². The number of para-hydroxylation sites is 1. The number of carbonyl (C=O) groups is 3. The van der Waals surface area contributed by atoms with E-state index in [1.165, 1.54) is 6.42 Å². The Labute approximate surface area is 258 Å². The number of aliphatic hydroxyl groups is 1. The van der Waals surface area contributed by atoms with Gasteiger partial charge in [-0.25, -0.2) is 9.59 Å². The van der Waals surface area contributed by atoms with Gasteiger partial charge in [0.15, 0.2) is 5.75 Å². The van der Waals surface area contributed by atoms with Gasteiger partial charge in [0.2, 0.25) is 0 Å². The molecular weight excluding hydrogens is 558 g/mol. The van der Waals surface area contributed by atoms with Crippen molar-refractivity contribution in [2.75, 3.05) is 37.4 Å². The number of benzene rings is 3. The highest BCUT2D eigenvalue weighted by atomic mass is 16.5. The first-order chi connectivity index (χ1) is 21.2. The molecule has 4 N–H and O–H groups in total. The largest absolute Gasteiger partial charge is 0.485 e. The maximum absolute atomic E-state index is 13.8. The van der Waals surface area contributed by atoms with E-state index in [-0.39, 0.29) is 48.4 Å². The van der Waals surface area contributed by atoms with E-state index in [0.717, 1.165) is 36.5 Å². The van der Waals surface area contributed by atoms with Crippen molar-refractivity contribution in [3.63, 3.8) is 0 Å². The third kappa shape index (κ3) is 7.07. The van der Waals surface area contributed by atoms with Gasteiger partial charge < -0.3 is 35.6 Å². The van der Waals surface area contributed by atoms with E-state index in [1.54, 1.807) is 42.0 Å². The van der Waals surface area contributed by atoms with Crippen LogP contribution in [0.4, 0.5) is 21.0 Å². The standard InChI is InChI=1S/C34H43N5O5/c1-22-19-39(23(2)21-40)32(41)27-16-10-18-29(37-33(42)36-28-17-9-12-24-11-7-8-15-26(24)28)31(27)44-30(22)20-38(3)34(43)35-25-13-5-4-6-14-25/h7-12,15-18,22-23,25,30,40H,4-6,13-14,19-21H2,1-3H3,(H,35,43)(H2,36,37,42)/t22-,23+,30-/m0/s1. The van der Waals surface area contributed by atoms with Gasteiger partial charge in [0, 0.05) is 30.9 Å². The van der Waals surface area contributed by atoms with Crippen LogP contribution in [0.5, 0.6) is 5.75 Å². The second kappa shape index (κ2) is 14.0. The van der Waals surface area contributed by atoms with Gasteiger partial charge in [0.1, 0.15) is 6.10 Å². The van der Waals surface area contributed by atoms with Crippen LogP contribution in [0.25, 0.3) is 10.8 Å². The molecule has 3 atom stereocenters. The number of hydrogen-bond donors (Lipinski definition) is 4. The highest BCUT2D eigenvalue weighted by molar-refractivity contribution is 6.08. The van der Waals surface area contributed by atoms with Gasteiger partial charge >= 0.3 is 12.1 Å². The lowest BCUT2D eigenvalue weighted by Gasteiger charge is -2.38. The number of fused-ring (bicyclic) bond motifs is 2. The van der Waals surface area contributed by atoms with Crippen LogP contribution in [0, 0.1) is 5.92 Å². The van der Waals surface area contributed by atoms with Crippen LogP contribution in [0.1, 0.15) is 56.3 Å². The Morgan fingerprint density at radius 1 is 1.00 bits per heavy atom. The van der Waals surface area contributed by atoms with Crippen LogP contribution >= 0.6 is 0 Å². The number of anilines is 2. The smallest absolute Gasteiger partial charge is 0.323 e. The average molecular weight is 602 g/mol. The molecule has 3 aromatic rings. The van der Waals surface area contributed by atoms with Crippen molar-refractivity contribution in [2.45, 2.75) is 64.1 Å². The number of likely N-dealkylation sites (N-methyl/N-ethyl adjacent to an activating group) is 1. The first-order valence-electron chi connectivity index (χ1n) is 15.5. The topological polar surface area (TPSA) is 123 Å². The fraction of sp³-hybridized carbons (Fsp3) is 0.441. The molecule has 1 aliphatic heterocycles. The molecule has 0 radical (unpaired) electrons. The molecule has 1 aliphatic carbocycles. The van der Waals surface area contributed by atoms with Crippen molar-refractivity contribution in [3.05, 3.63) is 66.2 Å². The molecule has 10 nitrogen and oxygen atoms in total. The number of ether oxygens (including phenoxy) is 1. The van der Waals surface area contributed by atoms with E-state index in [4.69, 9.17) is 4.74 Å². The highest BCUT2D eigenvalue weighted by Crippen LogP contribution is 2.35. The van der Waals surface area contributed by atoms with Gasteiger partial charge in [-0.3, -0.25) is 4.79 Å². The third-order valence-corrected chi connectivity index (χ3v) is 8.71. The maximum Gasteiger partial charge on any atom is 0.323 e. The van der Waals surface area contributed by atoms with Crippen molar-refractivity contribution < 1.29 is 24.2 Å². The summed E-state index contributed by atoms with van der Waals surface area (Å²) >= 11 is 0. The molecule has 0 spiro atoms. The van der Waals surface area contributed by atoms with Gasteiger partial charge in [-0.15, -0.1) is 0 Å². The van der Waals surface area contributed by atoms with Gasteiger partial charge in [-0.1, -0.05) is 68.7 Å². The minimum atomic E-state index is -0.499. The van der Waals surface area contributed by atoms with Gasteiger partial charge in [0.05, 0.1) is 36.1 Å². The summed E-state index contributed by atoms with van der Waals surface area (Å²) in [5, 5.41) is 20.8. The van der Waals surface area contributed by atoms with E-state index < -0.39 is 18.2 Å².